The van der Waals surface area contributed by atoms with E-state index in [1.807, 2.05) is 0 Å². The smallest absolute Gasteiger partial charge is 0.312 e. The molecule has 1 fully saturated rings. The van der Waals surface area contributed by atoms with Crippen LogP contribution in [0.15, 0.2) is 0 Å². The monoisotopic (exact) mass is 228 g/mol. The predicted molar refractivity (Wildman–Crippen MR) is 59.8 cm³/mol. The zero-order valence-electron chi connectivity index (χ0n) is 10.1. The second-order valence-corrected chi connectivity index (χ2v) is 4.74. The van der Waals surface area contributed by atoms with E-state index in [-0.39, 0.29) is 17.9 Å². The molecule has 1 saturated heterocycles. The summed E-state index contributed by atoms with van der Waals surface area (Å²) in [6, 6.07) is -0.183. The van der Waals surface area contributed by atoms with Gasteiger partial charge >= 0.3 is 5.97 Å². The summed E-state index contributed by atoms with van der Waals surface area (Å²) in [5.41, 5.74) is -0.605. The summed E-state index contributed by atoms with van der Waals surface area (Å²) < 4.78 is 4.70. The molecule has 0 aromatic heterocycles. The third-order valence-corrected chi connectivity index (χ3v) is 2.81. The van der Waals surface area contributed by atoms with E-state index in [4.69, 9.17) is 4.74 Å². The van der Waals surface area contributed by atoms with Crippen LogP contribution >= 0.6 is 0 Å². The number of ether oxygens (including phenoxy) is 1. The molecule has 1 atom stereocenters. The third-order valence-electron chi connectivity index (χ3n) is 2.81. The Labute approximate surface area is 95.9 Å². The lowest BCUT2D eigenvalue weighted by Crippen LogP contribution is -2.51. The van der Waals surface area contributed by atoms with Crippen LogP contribution < -0.4 is 10.6 Å². The number of esters is 1. The van der Waals surface area contributed by atoms with Gasteiger partial charge in [-0.3, -0.25) is 9.59 Å². The van der Waals surface area contributed by atoms with Gasteiger partial charge < -0.3 is 15.4 Å². The van der Waals surface area contributed by atoms with Crippen LogP contribution in [0.1, 0.15) is 26.7 Å². The van der Waals surface area contributed by atoms with E-state index in [2.05, 4.69) is 10.6 Å². The lowest BCUT2D eigenvalue weighted by atomic mass is 9.93. The second kappa shape index (κ2) is 5.30. The molecular formula is C11H20N2O3. The summed E-state index contributed by atoms with van der Waals surface area (Å²) in [5, 5.41) is 5.91. The molecule has 0 aromatic carbocycles. The van der Waals surface area contributed by atoms with Crippen LogP contribution in [-0.4, -0.2) is 38.1 Å². The number of carbonyl (C=O) groups excluding carboxylic acids is 2. The van der Waals surface area contributed by atoms with Crippen molar-refractivity contribution in [1.82, 2.24) is 10.6 Å². The molecule has 1 unspecified atom stereocenters. The van der Waals surface area contributed by atoms with Gasteiger partial charge in [0.05, 0.1) is 18.6 Å². The van der Waals surface area contributed by atoms with Crippen molar-refractivity contribution in [1.29, 1.82) is 0 Å². The highest BCUT2D eigenvalue weighted by Crippen LogP contribution is 2.16. The molecule has 0 bridgehead atoms. The van der Waals surface area contributed by atoms with E-state index in [0.717, 1.165) is 19.4 Å². The Kier molecular flexibility index (Phi) is 4.29. The van der Waals surface area contributed by atoms with E-state index >= 15 is 0 Å². The average Bonchev–Trinajstić information content (AvgIpc) is 2.27. The van der Waals surface area contributed by atoms with Gasteiger partial charge in [0.25, 0.3) is 0 Å². The van der Waals surface area contributed by atoms with Gasteiger partial charge in [-0.05, 0) is 26.7 Å². The summed E-state index contributed by atoms with van der Waals surface area (Å²) >= 11 is 0. The molecule has 5 heteroatoms. The first kappa shape index (κ1) is 13.0. The third kappa shape index (κ3) is 3.20. The minimum atomic E-state index is -0.605. The van der Waals surface area contributed by atoms with Crippen molar-refractivity contribution >= 4 is 11.9 Å². The molecule has 92 valence electrons. The number of hydrogen-bond donors (Lipinski definition) is 2. The van der Waals surface area contributed by atoms with Crippen molar-refractivity contribution in [2.75, 3.05) is 20.2 Å². The summed E-state index contributed by atoms with van der Waals surface area (Å²) in [5.74, 6) is -0.247. The van der Waals surface area contributed by atoms with Crippen LogP contribution in [0.4, 0.5) is 0 Å². The Bertz CT molecular complexity index is 276. The molecule has 1 amide bonds. The zero-order valence-corrected chi connectivity index (χ0v) is 10.1. The predicted octanol–water partition coefficient (Wildman–Crippen LogP) is 0.0538. The molecule has 1 heterocycles. The van der Waals surface area contributed by atoms with Crippen LogP contribution in [0.2, 0.25) is 0 Å². The first-order valence-electron chi connectivity index (χ1n) is 5.57. The molecule has 0 aliphatic carbocycles. The Balaban J connectivity index is 2.43. The number of amides is 1. The van der Waals surface area contributed by atoms with Crippen molar-refractivity contribution in [3.05, 3.63) is 0 Å². The summed E-state index contributed by atoms with van der Waals surface area (Å²) in [4.78, 5) is 22.9. The Morgan fingerprint density at radius 1 is 1.62 bits per heavy atom. The van der Waals surface area contributed by atoms with Crippen LogP contribution in [0.5, 0.6) is 0 Å². The molecule has 0 aromatic rings. The molecule has 5 nitrogen and oxygen atoms in total. The SMILES string of the molecule is COC(=O)C(C)(C)CNC1CCCNC1=O. The van der Waals surface area contributed by atoms with Gasteiger partial charge in [0, 0.05) is 13.1 Å². The van der Waals surface area contributed by atoms with Gasteiger partial charge in [0.15, 0.2) is 0 Å². The number of hydrogen-bond acceptors (Lipinski definition) is 4. The minimum Gasteiger partial charge on any atom is -0.469 e. The number of rotatable bonds is 4. The Morgan fingerprint density at radius 2 is 2.31 bits per heavy atom. The van der Waals surface area contributed by atoms with Crippen LogP contribution in [0.3, 0.4) is 0 Å². The van der Waals surface area contributed by atoms with Crippen LogP contribution in [-0.2, 0) is 14.3 Å². The van der Waals surface area contributed by atoms with E-state index in [9.17, 15) is 9.59 Å². The van der Waals surface area contributed by atoms with Crippen LogP contribution in [0.25, 0.3) is 0 Å². The maximum atomic E-state index is 11.5. The normalized spacial score (nSPS) is 21.4. The fourth-order valence-corrected chi connectivity index (χ4v) is 1.69. The van der Waals surface area contributed by atoms with Crippen LogP contribution in [0, 0.1) is 5.41 Å². The standard InChI is InChI=1S/C11H20N2O3/c1-11(2,10(15)16-3)7-13-8-5-4-6-12-9(8)14/h8,13H,4-7H2,1-3H3,(H,12,14). The van der Waals surface area contributed by atoms with Gasteiger partial charge in [-0.1, -0.05) is 0 Å². The van der Waals surface area contributed by atoms with Crippen molar-refractivity contribution < 1.29 is 14.3 Å². The molecule has 16 heavy (non-hydrogen) atoms. The number of carbonyl (C=O) groups is 2. The minimum absolute atomic E-state index is 0.0203. The lowest BCUT2D eigenvalue weighted by molar-refractivity contribution is -0.150. The maximum Gasteiger partial charge on any atom is 0.312 e. The summed E-state index contributed by atoms with van der Waals surface area (Å²) in [7, 11) is 1.37. The van der Waals surface area contributed by atoms with E-state index in [1.54, 1.807) is 13.8 Å². The molecule has 1 aliphatic rings. The first-order chi connectivity index (χ1) is 7.47. The quantitative estimate of drug-likeness (QED) is 0.667. The van der Waals surface area contributed by atoms with Gasteiger partial charge in [-0.15, -0.1) is 0 Å². The lowest BCUT2D eigenvalue weighted by Gasteiger charge is -2.27. The van der Waals surface area contributed by atoms with Crippen molar-refractivity contribution in [3.63, 3.8) is 0 Å². The van der Waals surface area contributed by atoms with Gasteiger partial charge in [-0.25, -0.2) is 0 Å². The first-order valence-corrected chi connectivity index (χ1v) is 5.57. The van der Waals surface area contributed by atoms with Crippen molar-refractivity contribution in [2.24, 2.45) is 5.41 Å². The zero-order chi connectivity index (χ0) is 12.2. The molecule has 0 radical (unpaired) electrons. The molecular weight excluding hydrogens is 208 g/mol. The highest BCUT2D eigenvalue weighted by molar-refractivity contribution is 5.82. The van der Waals surface area contributed by atoms with E-state index < -0.39 is 5.41 Å². The summed E-state index contributed by atoms with van der Waals surface area (Å²) in [6.45, 7) is 4.79. The number of methoxy groups -OCH3 is 1. The molecule has 1 rings (SSSR count). The molecule has 0 saturated carbocycles. The number of nitrogens with one attached hydrogen (secondary N) is 2. The van der Waals surface area contributed by atoms with E-state index in [1.165, 1.54) is 7.11 Å². The Hall–Kier alpha value is -1.10. The average molecular weight is 228 g/mol. The van der Waals surface area contributed by atoms with E-state index in [0.29, 0.717) is 6.54 Å². The van der Waals surface area contributed by atoms with Gasteiger partial charge in [0.2, 0.25) is 5.91 Å². The second-order valence-electron chi connectivity index (χ2n) is 4.74. The molecule has 1 aliphatic heterocycles. The Morgan fingerprint density at radius 3 is 2.88 bits per heavy atom. The largest absolute Gasteiger partial charge is 0.469 e. The highest BCUT2D eigenvalue weighted by atomic mass is 16.5. The summed E-state index contributed by atoms with van der Waals surface area (Å²) in [6.07, 6.45) is 1.80. The maximum absolute atomic E-state index is 11.5. The van der Waals surface area contributed by atoms with Crippen molar-refractivity contribution in [3.8, 4) is 0 Å². The fourth-order valence-electron chi connectivity index (χ4n) is 1.69. The highest BCUT2D eigenvalue weighted by Gasteiger charge is 2.31. The van der Waals surface area contributed by atoms with Gasteiger partial charge in [-0.2, -0.15) is 0 Å². The fraction of sp³-hybridized carbons (Fsp3) is 0.818. The van der Waals surface area contributed by atoms with Gasteiger partial charge in [0.1, 0.15) is 0 Å². The number of piperidine rings is 1. The molecule has 2 N–H and O–H groups in total. The van der Waals surface area contributed by atoms with Crippen molar-refractivity contribution in [2.45, 2.75) is 32.7 Å². The topological polar surface area (TPSA) is 67.4 Å². The molecule has 0 spiro atoms.